The van der Waals surface area contributed by atoms with E-state index >= 15 is 0 Å². The molecule has 1 aliphatic rings. The lowest BCUT2D eigenvalue weighted by Crippen LogP contribution is -2.30. The SMILES string of the molecule is NC(=O)c1c(NC(=O)/C=C\c2cccc([N+](=O)[O-])c2)sc2c1CCN(Cc1ccccc1)C2. The number of hydrogen-bond donors (Lipinski definition) is 2. The van der Waals surface area contributed by atoms with E-state index in [4.69, 9.17) is 5.73 Å². The quantitative estimate of drug-likeness (QED) is 0.313. The van der Waals surface area contributed by atoms with Crippen LogP contribution in [0.4, 0.5) is 10.7 Å². The monoisotopic (exact) mass is 462 g/mol. The molecule has 2 heterocycles. The Morgan fingerprint density at radius 3 is 2.70 bits per heavy atom. The molecule has 0 saturated heterocycles. The summed E-state index contributed by atoms with van der Waals surface area (Å²) in [6, 6.07) is 16.1. The Kier molecular flexibility index (Phi) is 6.62. The van der Waals surface area contributed by atoms with Crippen LogP contribution in [-0.4, -0.2) is 28.2 Å². The number of nitrogens with one attached hydrogen (secondary N) is 1. The molecule has 8 nitrogen and oxygen atoms in total. The third-order valence-electron chi connectivity index (χ3n) is 5.38. The van der Waals surface area contributed by atoms with Crippen LogP contribution >= 0.6 is 11.3 Å². The number of benzene rings is 2. The summed E-state index contributed by atoms with van der Waals surface area (Å²) in [5.41, 5.74) is 8.60. The summed E-state index contributed by atoms with van der Waals surface area (Å²) in [7, 11) is 0. The molecule has 33 heavy (non-hydrogen) atoms. The number of fused-ring (bicyclic) bond motifs is 1. The molecule has 9 heteroatoms. The molecule has 3 N–H and O–H groups in total. The van der Waals surface area contributed by atoms with Crippen LogP contribution in [-0.2, 0) is 24.3 Å². The minimum Gasteiger partial charge on any atom is -0.365 e. The van der Waals surface area contributed by atoms with E-state index in [0.717, 1.165) is 23.5 Å². The molecule has 2 amide bonds. The van der Waals surface area contributed by atoms with E-state index in [1.165, 1.54) is 41.2 Å². The number of carbonyl (C=O) groups is 2. The Labute approximate surface area is 194 Å². The van der Waals surface area contributed by atoms with Crippen LogP contribution < -0.4 is 11.1 Å². The molecule has 0 saturated carbocycles. The lowest BCUT2D eigenvalue weighted by atomic mass is 10.0. The number of primary amides is 1. The number of rotatable bonds is 7. The number of thiophene rings is 1. The van der Waals surface area contributed by atoms with E-state index in [9.17, 15) is 19.7 Å². The van der Waals surface area contributed by atoms with Crippen molar-refractivity contribution in [3.05, 3.63) is 97.9 Å². The highest BCUT2D eigenvalue weighted by atomic mass is 32.1. The normalized spacial score (nSPS) is 13.6. The molecular formula is C24H22N4O4S. The van der Waals surface area contributed by atoms with Gasteiger partial charge in [0.2, 0.25) is 5.91 Å². The molecule has 0 atom stereocenters. The van der Waals surface area contributed by atoms with Crippen molar-refractivity contribution in [3.8, 4) is 0 Å². The topological polar surface area (TPSA) is 119 Å². The van der Waals surface area contributed by atoms with Crippen molar-refractivity contribution in [1.82, 2.24) is 4.90 Å². The maximum Gasteiger partial charge on any atom is 0.270 e. The summed E-state index contributed by atoms with van der Waals surface area (Å²) in [6.07, 6.45) is 3.45. The predicted molar refractivity (Wildman–Crippen MR) is 128 cm³/mol. The van der Waals surface area contributed by atoms with Gasteiger partial charge in [0.05, 0.1) is 10.5 Å². The summed E-state index contributed by atoms with van der Waals surface area (Å²) < 4.78 is 0. The highest BCUT2D eigenvalue weighted by molar-refractivity contribution is 7.17. The lowest BCUT2D eigenvalue weighted by Gasteiger charge is -2.27. The molecule has 0 unspecified atom stereocenters. The standard InChI is InChI=1S/C24H22N4O4S/c25-23(30)22-19-11-12-27(14-17-5-2-1-3-6-17)15-20(19)33-24(22)26-21(29)10-9-16-7-4-8-18(13-16)28(31)32/h1-10,13H,11-12,14-15H2,(H2,25,30)(H,26,29)/b10-9-. The van der Waals surface area contributed by atoms with Crippen molar-refractivity contribution in [3.63, 3.8) is 0 Å². The third-order valence-corrected chi connectivity index (χ3v) is 6.51. The summed E-state index contributed by atoms with van der Waals surface area (Å²) in [4.78, 5) is 38.4. The van der Waals surface area contributed by atoms with E-state index in [2.05, 4.69) is 22.3 Å². The molecule has 0 bridgehead atoms. The summed E-state index contributed by atoms with van der Waals surface area (Å²) in [6.45, 7) is 2.27. The number of nitrogens with two attached hydrogens (primary N) is 1. The van der Waals surface area contributed by atoms with E-state index in [-0.39, 0.29) is 5.69 Å². The zero-order valence-electron chi connectivity index (χ0n) is 17.7. The smallest absolute Gasteiger partial charge is 0.270 e. The van der Waals surface area contributed by atoms with Gasteiger partial charge in [0, 0.05) is 42.7 Å². The molecular weight excluding hydrogens is 440 g/mol. The summed E-state index contributed by atoms with van der Waals surface area (Å²) in [5, 5.41) is 14.1. The fraction of sp³-hybridized carbons (Fsp3) is 0.167. The van der Waals surface area contributed by atoms with Crippen molar-refractivity contribution in [2.45, 2.75) is 19.5 Å². The van der Waals surface area contributed by atoms with E-state index < -0.39 is 16.7 Å². The number of nitrogens with zero attached hydrogens (tertiary/aromatic N) is 2. The first-order valence-corrected chi connectivity index (χ1v) is 11.2. The minimum absolute atomic E-state index is 0.0560. The zero-order valence-corrected chi connectivity index (χ0v) is 18.5. The van der Waals surface area contributed by atoms with Gasteiger partial charge in [-0.05, 0) is 29.2 Å². The highest BCUT2D eigenvalue weighted by Gasteiger charge is 2.27. The Balaban J connectivity index is 1.49. The lowest BCUT2D eigenvalue weighted by molar-refractivity contribution is -0.384. The number of anilines is 1. The maximum atomic E-state index is 12.5. The highest BCUT2D eigenvalue weighted by Crippen LogP contribution is 2.37. The average molecular weight is 463 g/mol. The fourth-order valence-corrected chi connectivity index (χ4v) is 5.15. The first-order chi connectivity index (χ1) is 15.9. The predicted octanol–water partition coefficient (Wildman–Crippen LogP) is 3.97. The number of carbonyl (C=O) groups excluding carboxylic acids is 2. The molecule has 2 aromatic carbocycles. The van der Waals surface area contributed by atoms with Crippen LogP contribution in [0.15, 0.2) is 60.7 Å². The van der Waals surface area contributed by atoms with E-state index in [0.29, 0.717) is 29.1 Å². The van der Waals surface area contributed by atoms with Crippen LogP contribution in [0, 0.1) is 10.1 Å². The Morgan fingerprint density at radius 2 is 1.97 bits per heavy atom. The molecule has 0 spiro atoms. The van der Waals surface area contributed by atoms with Crippen LogP contribution in [0.5, 0.6) is 0 Å². The van der Waals surface area contributed by atoms with Crippen molar-refractivity contribution in [2.24, 2.45) is 5.73 Å². The van der Waals surface area contributed by atoms with Gasteiger partial charge in [-0.25, -0.2) is 0 Å². The van der Waals surface area contributed by atoms with Gasteiger partial charge < -0.3 is 11.1 Å². The molecule has 0 radical (unpaired) electrons. The molecule has 3 aromatic rings. The molecule has 168 valence electrons. The first kappa shape index (κ1) is 22.4. The van der Waals surface area contributed by atoms with Gasteiger partial charge in [0.1, 0.15) is 5.00 Å². The van der Waals surface area contributed by atoms with Crippen LogP contribution in [0.25, 0.3) is 6.08 Å². The zero-order chi connectivity index (χ0) is 23.4. The van der Waals surface area contributed by atoms with Gasteiger partial charge in [-0.15, -0.1) is 11.3 Å². The summed E-state index contributed by atoms with van der Waals surface area (Å²) >= 11 is 1.36. The number of non-ortho nitro benzene ring substituents is 1. The van der Waals surface area contributed by atoms with Gasteiger partial charge in [-0.2, -0.15) is 0 Å². The average Bonchev–Trinajstić information content (AvgIpc) is 3.15. The van der Waals surface area contributed by atoms with Gasteiger partial charge in [-0.1, -0.05) is 42.5 Å². The Bertz CT molecular complexity index is 1240. The fourth-order valence-electron chi connectivity index (χ4n) is 3.85. The largest absolute Gasteiger partial charge is 0.365 e. The second kappa shape index (κ2) is 9.76. The van der Waals surface area contributed by atoms with E-state index in [1.807, 2.05) is 18.2 Å². The van der Waals surface area contributed by atoms with E-state index in [1.54, 1.807) is 12.1 Å². The summed E-state index contributed by atoms with van der Waals surface area (Å²) in [5.74, 6) is -1.01. The van der Waals surface area contributed by atoms with Crippen molar-refractivity contribution in [1.29, 1.82) is 0 Å². The number of hydrogen-bond acceptors (Lipinski definition) is 6. The number of amides is 2. The van der Waals surface area contributed by atoms with Gasteiger partial charge in [0.15, 0.2) is 0 Å². The molecule has 1 aromatic heterocycles. The molecule has 1 aliphatic heterocycles. The van der Waals surface area contributed by atoms with Gasteiger partial charge in [0.25, 0.3) is 11.6 Å². The molecule has 0 aliphatic carbocycles. The Hall–Kier alpha value is -3.82. The van der Waals surface area contributed by atoms with Crippen LogP contribution in [0.2, 0.25) is 0 Å². The second-order valence-electron chi connectivity index (χ2n) is 7.69. The van der Waals surface area contributed by atoms with Crippen LogP contribution in [0.3, 0.4) is 0 Å². The molecule has 0 fully saturated rings. The van der Waals surface area contributed by atoms with Gasteiger partial charge in [-0.3, -0.25) is 24.6 Å². The van der Waals surface area contributed by atoms with Crippen molar-refractivity contribution < 1.29 is 14.5 Å². The number of nitro benzene ring substituents is 1. The minimum atomic E-state index is -0.568. The van der Waals surface area contributed by atoms with Gasteiger partial charge >= 0.3 is 0 Å². The van der Waals surface area contributed by atoms with Crippen LogP contribution in [0.1, 0.15) is 31.9 Å². The first-order valence-electron chi connectivity index (χ1n) is 10.3. The van der Waals surface area contributed by atoms with Crippen molar-refractivity contribution in [2.75, 3.05) is 11.9 Å². The molecule has 4 rings (SSSR count). The second-order valence-corrected chi connectivity index (χ2v) is 8.80. The van der Waals surface area contributed by atoms with Crippen molar-refractivity contribution >= 4 is 39.9 Å². The third kappa shape index (κ3) is 5.33. The maximum absolute atomic E-state index is 12.5. The number of nitro groups is 1. The Morgan fingerprint density at radius 1 is 1.18 bits per heavy atom.